The molecule has 1 atom stereocenters. The molecule has 0 unspecified atom stereocenters. The molecule has 2 aromatic heterocycles. The van der Waals surface area contributed by atoms with E-state index in [0.29, 0.717) is 23.8 Å². The van der Waals surface area contributed by atoms with Gasteiger partial charge in [0.05, 0.1) is 17.9 Å². The molecule has 0 aromatic carbocycles. The molecule has 2 amide bonds. The van der Waals surface area contributed by atoms with Gasteiger partial charge in [-0.1, -0.05) is 6.07 Å². The summed E-state index contributed by atoms with van der Waals surface area (Å²) in [5.74, 6) is -0.535. The number of anilines is 1. The van der Waals surface area contributed by atoms with Gasteiger partial charge in [0.15, 0.2) is 5.13 Å². The van der Waals surface area contributed by atoms with Crippen molar-refractivity contribution < 1.29 is 9.59 Å². The van der Waals surface area contributed by atoms with Crippen LogP contribution < -0.4 is 11.1 Å². The fraction of sp³-hybridized carbons (Fsp3) is 0.444. The second-order valence-corrected chi connectivity index (χ2v) is 7.89. The molecule has 0 spiro atoms. The van der Waals surface area contributed by atoms with Gasteiger partial charge < -0.3 is 11.1 Å². The smallest absolute Gasteiger partial charge is 0.240 e. The highest BCUT2D eigenvalue weighted by Gasteiger charge is 2.43. The molecule has 3 rings (SSSR count). The third kappa shape index (κ3) is 3.76. The number of thiazole rings is 1. The molecule has 3 N–H and O–H groups in total. The summed E-state index contributed by atoms with van der Waals surface area (Å²) in [5.41, 5.74) is 6.50. The van der Waals surface area contributed by atoms with Crippen molar-refractivity contribution in [3.8, 4) is 0 Å². The predicted molar refractivity (Wildman–Crippen MR) is 101 cm³/mol. The average Bonchev–Trinajstić information content (AvgIpc) is 2.92. The number of rotatable bonds is 5. The van der Waals surface area contributed by atoms with E-state index in [2.05, 4.69) is 15.3 Å². The molecule has 26 heavy (non-hydrogen) atoms. The molecule has 1 fully saturated rings. The Bertz CT molecular complexity index is 788. The van der Waals surface area contributed by atoms with Crippen LogP contribution in [0.2, 0.25) is 0 Å². The third-order valence-corrected chi connectivity index (χ3v) is 5.83. The van der Waals surface area contributed by atoms with Crippen molar-refractivity contribution in [2.75, 3.05) is 25.0 Å². The third-order valence-electron chi connectivity index (χ3n) is 4.84. The number of likely N-dealkylation sites (tertiary alicyclic amines) is 1. The lowest BCUT2D eigenvalue weighted by Crippen LogP contribution is -2.55. The molecule has 0 bridgehead atoms. The van der Waals surface area contributed by atoms with Crippen molar-refractivity contribution in [1.29, 1.82) is 0 Å². The van der Waals surface area contributed by atoms with E-state index in [1.807, 2.05) is 36.9 Å². The minimum Gasteiger partial charge on any atom is -0.369 e. The fourth-order valence-corrected chi connectivity index (χ4v) is 4.18. The van der Waals surface area contributed by atoms with Gasteiger partial charge in [-0.05, 0) is 45.4 Å². The lowest BCUT2D eigenvalue weighted by molar-refractivity contribution is -0.127. The first-order valence-electron chi connectivity index (χ1n) is 8.58. The number of hydrogen-bond donors (Lipinski definition) is 2. The number of pyridine rings is 1. The number of carbonyl (C=O) groups is 2. The van der Waals surface area contributed by atoms with E-state index in [9.17, 15) is 9.59 Å². The summed E-state index contributed by atoms with van der Waals surface area (Å²) in [5, 5.41) is 3.45. The van der Waals surface area contributed by atoms with E-state index in [1.54, 1.807) is 6.20 Å². The van der Waals surface area contributed by atoms with Gasteiger partial charge in [-0.25, -0.2) is 4.98 Å². The molecule has 0 saturated carbocycles. The lowest BCUT2D eigenvalue weighted by Gasteiger charge is -2.39. The minimum absolute atomic E-state index is 0.139. The molecule has 0 radical (unpaired) electrons. The summed E-state index contributed by atoms with van der Waals surface area (Å²) >= 11 is 1.46. The van der Waals surface area contributed by atoms with Gasteiger partial charge >= 0.3 is 0 Å². The van der Waals surface area contributed by atoms with E-state index in [4.69, 9.17) is 5.73 Å². The van der Waals surface area contributed by atoms with Gasteiger partial charge in [-0.15, -0.1) is 11.3 Å². The number of aromatic nitrogens is 2. The van der Waals surface area contributed by atoms with Crippen molar-refractivity contribution in [2.45, 2.75) is 32.1 Å². The topological polar surface area (TPSA) is 101 Å². The number of aryl methyl sites for hydroxylation is 2. The first kappa shape index (κ1) is 18.5. The molecular formula is C18H23N5O2S. The molecule has 1 saturated heterocycles. The van der Waals surface area contributed by atoms with E-state index < -0.39 is 11.3 Å². The number of carbonyl (C=O) groups excluding carboxylic acids is 2. The second-order valence-electron chi connectivity index (χ2n) is 6.68. The molecule has 8 heteroatoms. The summed E-state index contributed by atoms with van der Waals surface area (Å²) in [7, 11) is 0. The number of amides is 2. The first-order chi connectivity index (χ1) is 12.4. The van der Waals surface area contributed by atoms with Crippen LogP contribution in [0.3, 0.4) is 0 Å². The van der Waals surface area contributed by atoms with E-state index in [0.717, 1.165) is 23.5 Å². The monoisotopic (exact) mass is 373 g/mol. The largest absolute Gasteiger partial charge is 0.369 e. The van der Waals surface area contributed by atoms with E-state index in [-0.39, 0.29) is 12.5 Å². The number of nitrogens with one attached hydrogen (secondary N) is 1. The van der Waals surface area contributed by atoms with Crippen molar-refractivity contribution in [1.82, 2.24) is 14.9 Å². The molecule has 7 nitrogen and oxygen atoms in total. The number of nitrogens with zero attached hydrogens (tertiary/aromatic N) is 3. The van der Waals surface area contributed by atoms with Gasteiger partial charge in [0, 0.05) is 17.6 Å². The van der Waals surface area contributed by atoms with Gasteiger partial charge in [-0.3, -0.25) is 19.5 Å². The van der Waals surface area contributed by atoms with Crippen LogP contribution in [-0.2, 0) is 15.0 Å². The van der Waals surface area contributed by atoms with Crippen LogP contribution in [0.4, 0.5) is 5.13 Å². The summed E-state index contributed by atoms with van der Waals surface area (Å²) < 4.78 is 0. The van der Waals surface area contributed by atoms with Gasteiger partial charge in [0.1, 0.15) is 5.41 Å². The average molecular weight is 373 g/mol. The maximum atomic E-state index is 12.4. The Morgan fingerprint density at radius 1 is 1.38 bits per heavy atom. The van der Waals surface area contributed by atoms with Crippen LogP contribution in [0, 0.1) is 13.8 Å². The summed E-state index contributed by atoms with van der Waals surface area (Å²) in [6.07, 6.45) is 3.09. The maximum Gasteiger partial charge on any atom is 0.240 e. The Kier molecular flexibility index (Phi) is 5.33. The Hall–Kier alpha value is -2.32. The van der Waals surface area contributed by atoms with Crippen LogP contribution in [0.1, 0.15) is 29.1 Å². The van der Waals surface area contributed by atoms with E-state index in [1.165, 1.54) is 11.3 Å². The van der Waals surface area contributed by atoms with Crippen LogP contribution in [0.25, 0.3) is 0 Å². The van der Waals surface area contributed by atoms with Crippen molar-refractivity contribution in [3.63, 3.8) is 0 Å². The molecule has 1 aliphatic rings. The molecule has 3 heterocycles. The fourth-order valence-electron chi connectivity index (χ4n) is 3.35. The number of piperidine rings is 1. The summed E-state index contributed by atoms with van der Waals surface area (Å²) in [6, 6.07) is 5.49. The Balaban J connectivity index is 1.71. The SMILES string of the molecule is Cc1nc(NC(=O)CN2CCC[C@](C(N)=O)(c3ccccn3)C2)sc1C. The van der Waals surface area contributed by atoms with Crippen molar-refractivity contribution in [3.05, 3.63) is 40.7 Å². The van der Waals surface area contributed by atoms with Gasteiger partial charge in [0.25, 0.3) is 0 Å². The number of nitrogens with two attached hydrogens (primary N) is 1. The number of hydrogen-bond acceptors (Lipinski definition) is 6. The van der Waals surface area contributed by atoms with Crippen LogP contribution in [0.5, 0.6) is 0 Å². The normalized spacial score (nSPS) is 20.7. The predicted octanol–water partition coefficient (Wildman–Crippen LogP) is 1.61. The van der Waals surface area contributed by atoms with Crippen molar-refractivity contribution in [2.24, 2.45) is 5.73 Å². The Morgan fingerprint density at radius 2 is 2.19 bits per heavy atom. The summed E-state index contributed by atoms with van der Waals surface area (Å²) in [6.45, 7) is 5.22. The zero-order valence-corrected chi connectivity index (χ0v) is 15.8. The molecule has 0 aliphatic carbocycles. The van der Waals surface area contributed by atoms with Crippen LogP contribution in [-0.4, -0.2) is 46.3 Å². The van der Waals surface area contributed by atoms with Gasteiger partial charge in [-0.2, -0.15) is 0 Å². The molecule has 2 aromatic rings. The second kappa shape index (κ2) is 7.51. The van der Waals surface area contributed by atoms with Crippen LogP contribution in [0.15, 0.2) is 24.4 Å². The first-order valence-corrected chi connectivity index (χ1v) is 9.40. The van der Waals surface area contributed by atoms with Gasteiger partial charge in [0.2, 0.25) is 11.8 Å². The van der Waals surface area contributed by atoms with Crippen LogP contribution >= 0.6 is 11.3 Å². The zero-order valence-electron chi connectivity index (χ0n) is 15.0. The highest BCUT2D eigenvalue weighted by atomic mass is 32.1. The summed E-state index contributed by atoms with van der Waals surface area (Å²) in [4.78, 5) is 36.4. The highest BCUT2D eigenvalue weighted by molar-refractivity contribution is 7.15. The van der Waals surface area contributed by atoms with Crippen molar-refractivity contribution >= 4 is 28.3 Å². The quantitative estimate of drug-likeness (QED) is 0.829. The highest BCUT2D eigenvalue weighted by Crippen LogP contribution is 2.32. The Morgan fingerprint density at radius 3 is 2.81 bits per heavy atom. The zero-order chi connectivity index (χ0) is 18.7. The minimum atomic E-state index is -0.853. The Labute approximate surface area is 156 Å². The molecular weight excluding hydrogens is 350 g/mol. The molecule has 1 aliphatic heterocycles. The standard InChI is InChI=1S/C18H23N5O2S/c1-12-13(2)26-17(21-12)22-15(24)10-23-9-5-7-18(11-23,16(19)25)14-6-3-4-8-20-14/h3-4,6,8H,5,7,9-11H2,1-2H3,(H2,19,25)(H,21,22,24)/t18-/m1/s1. The molecule has 138 valence electrons. The lowest BCUT2D eigenvalue weighted by atomic mass is 9.76. The van der Waals surface area contributed by atoms with E-state index >= 15 is 0 Å². The maximum absolute atomic E-state index is 12.4. The number of primary amides is 1.